The molecule has 37 heavy (non-hydrogen) atoms. The van der Waals surface area contributed by atoms with Crippen molar-refractivity contribution < 1.29 is 26.7 Å². The molecule has 0 aliphatic carbocycles. The van der Waals surface area contributed by atoms with Gasteiger partial charge in [-0.3, -0.25) is 0 Å². The van der Waals surface area contributed by atoms with Gasteiger partial charge in [0.15, 0.2) is 0 Å². The van der Waals surface area contributed by atoms with Crippen molar-refractivity contribution >= 4 is 20.0 Å². The quantitative estimate of drug-likeness (QED) is 0.312. The molecule has 0 amide bonds. The molecular weight excluding hydrogens is 512 g/mol. The number of aryl methyl sites for hydroxylation is 2. The molecule has 0 aliphatic rings. The van der Waals surface area contributed by atoms with Crippen LogP contribution >= 0.6 is 0 Å². The van der Waals surface area contributed by atoms with Crippen LogP contribution in [0.15, 0.2) is 88.7 Å². The van der Waals surface area contributed by atoms with Crippen molar-refractivity contribution in [2.75, 3.05) is 39.4 Å². The summed E-state index contributed by atoms with van der Waals surface area (Å²) in [4.78, 5) is 0.210. The summed E-state index contributed by atoms with van der Waals surface area (Å²) < 4.78 is 61.5. The fourth-order valence-electron chi connectivity index (χ4n) is 3.69. The Kier molecular flexibility index (Phi) is 10.4. The van der Waals surface area contributed by atoms with E-state index in [-0.39, 0.29) is 42.6 Å². The highest BCUT2D eigenvalue weighted by molar-refractivity contribution is 7.89. The first-order chi connectivity index (χ1) is 17.6. The molecule has 0 saturated carbocycles. The molecule has 0 heterocycles. The van der Waals surface area contributed by atoms with Crippen LogP contribution in [0.3, 0.4) is 0 Å². The number of ether oxygens (including phenoxy) is 1. The van der Waals surface area contributed by atoms with Crippen LogP contribution < -0.4 is 0 Å². The summed E-state index contributed by atoms with van der Waals surface area (Å²) in [5, 5.41) is 9.54. The third-order valence-electron chi connectivity index (χ3n) is 5.86. The molecule has 0 aliphatic heterocycles. The molecule has 0 aromatic heterocycles. The number of nitrogens with zero attached hydrogens (tertiary/aromatic N) is 2. The van der Waals surface area contributed by atoms with Crippen molar-refractivity contribution in [1.82, 2.24) is 8.61 Å². The van der Waals surface area contributed by atoms with E-state index >= 15 is 0 Å². The molecule has 10 heteroatoms. The molecule has 0 bridgehead atoms. The number of sulfonamides is 2. The van der Waals surface area contributed by atoms with Gasteiger partial charge in [-0.1, -0.05) is 65.7 Å². The Morgan fingerprint density at radius 3 is 1.57 bits per heavy atom. The fourth-order valence-corrected chi connectivity index (χ4v) is 6.53. The molecular formula is C27H34N2O6S2. The van der Waals surface area contributed by atoms with Gasteiger partial charge in [-0.25, -0.2) is 16.8 Å². The van der Waals surface area contributed by atoms with Crippen molar-refractivity contribution in [3.05, 3.63) is 95.6 Å². The standard InChI is InChI=1S/C27H34N2O6S2/c1-23-8-12-26(13-9-23)36(31,32)28(18-20-30)16-17-29(19-21-35-22-25-6-4-3-5-7-25)37(33,34)27-14-10-24(2)11-15-27/h3-15,30H,16-22H2,1-2H3. The zero-order valence-electron chi connectivity index (χ0n) is 21.2. The maximum atomic E-state index is 13.5. The molecule has 0 spiro atoms. The number of hydrogen-bond acceptors (Lipinski definition) is 6. The Bertz CT molecular complexity index is 1330. The largest absolute Gasteiger partial charge is 0.395 e. The fraction of sp³-hybridized carbons (Fsp3) is 0.333. The minimum Gasteiger partial charge on any atom is -0.395 e. The van der Waals surface area contributed by atoms with Crippen molar-refractivity contribution in [3.63, 3.8) is 0 Å². The smallest absolute Gasteiger partial charge is 0.243 e. The first kappa shape index (κ1) is 29.0. The molecule has 0 atom stereocenters. The SMILES string of the molecule is Cc1ccc(S(=O)(=O)N(CCO)CCN(CCOCc2ccccc2)S(=O)(=O)c2ccc(C)cc2)cc1. The second kappa shape index (κ2) is 13.3. The summed E-state index contributed by atoms with van der Waals surface area (Å²) in [7, 11) is -7.85. The number of aliphatic hydroxyl groups is 1. The van der Waals surface area contributed by atoms with Crippen LogP contribution in [0.4, 0.5) is 0 Å². The summed E-state index contributed by atoms with van der Waals surface area (Å²) in [6.45, 7) is 3.46. The van der Waals surface area contributed by atoms with Gasteiger partial charge in [0, 0.05) is 26.2 Å². The summed E-state index contributed by atoms with van der Waals surface area (Å²) in [6, 6.07) is 22.5. The van der Waals surface area contributed by atoms with Crippen LogP contribution in [-0.2, 0) is 31.4 Å². The third-order valence-corrected chi connectivity index (χ3v) is 9.69. The molecule has 0 fully saturated rings. The lowest BCUT2D eigenvalue weighted by atomic mass is 10.2. The maximum Gasteiger partial charge on any atom is 0.243 e. The maximum absolute atomic E-state index is 13.5. The minimum absolute atomic E-state index is 0.0422. The molecule has 0 radical (unpaired) electrons. The van der Waals surface area contributed by atoms with Gasteiger partial charge in [-0.2, -0.15) is 8.61 Å². The van der Waals surface area contributed by atoms with Crippen molar-refractivity contribution in [3.8, 4) is 0 Å². The monoisotopic (exact) mass is 546 g/mol. The van der Waals surface area contributed by atoms with E-state index in [9.17, 15) is 21.9 Å². The van der Waals surface area contributed by atoms with Crippen molar-refractivity contribution in [1.29, 1.82) is 0 Å². The van der Waals surface area contributed by atoms with Crippen LogP contribution in [0.25, 0.3) is 0 Å². The summed E-state index contributed by atoms with van der Waals surface area (Å²) in [5.74, 6) is 0. The number of aliphatic hydroxyl groups excluding tert-OH is 1. The molecule has 8 nitrogen and oxygen atoms in total. The van der Waals surface area contributed by atoms with Gasteiger partial charge >= 0.3 is 0 Å². The summed E-state index contributed by atoms with van der Waals surface area (Å²) in [6.07, 6.45) is 0. The predicted octanol–water partition coefficient (Wildman–Crippen LogP) is 3.19. The molecule has 3 rings (SSSR count). The van der Waals surface area contributed by atoms with Crippen LogP contribution in [-0.4, -0.2) is 69.9 Å². The van der Waals surface area contributed by atoms with Gasteiger partial charge < -0.3 is 9.84 Å². The van der Waals surface area contributed by atoms with E-state index in [1.54, 1.807) is 24.3 Å². The first-order valence-electron chi connectivity index (χ1n) is 12.0. The predicted molar refractivity (Wildman–Crippen MR) is 143 cm³/mol. The lowest BCUT2D eigenvalue weighted by molar-refractivity contribution is 0.109. The highest BCUT2D eigenvalue weighted by Gasteiger charge is 2.29. The molecule has 1 N–H and O–H groups in total. The third kappa shape index (κ3) is 7.94. The summed E-state index contributed by atoms with van der Waals surface area (Å²) >= 11 is 0. The molecule has 200 valence electrons. The van der Waals surface area contributed by atoms with Crippen LogP contribution in [0.5, 0.6) is 0 Å². The van der Waals surface area contributed by atoms with E-state index in [2.05, 4.69) is 0 Å². The van der Waals surface area contributed by atoms with E-state index in [0.717, 1.165) is 21.0 Å². The van der Waals surface area contributed by atoms with E-state index in [1.165, 1.54) is 28.6 Å². The van der Waals surface area contributed by atoms with Gasteiger partial charge in [0.25, 0.3) is 0 Å². The van der Waals surface area contributed by atoms with E-state index in [1.807, 2.05) is 44.2 Å². The van der Waals surface area contributed by atoms with Crippen molar-refractivity contribution in [2.24, 2.45) is 0 Å². The Morgan fingerprint density at radius 2 is 1.11 bits per heavy atom. The Hall–Kier alpha value is -2.60. The lowest BCUT2D eigenvalue weighted by Gasteiger charge is -2.27. The van der Waals surface area contributed by atoms with Gasteiger partial charge in [0.2, 0.25) is 20.0 Å². The van der Waals surface area contributed by atoms with Gasteiger partial charge in [-0.05, 0) is 43.7 Å². The number of rotatable bonds is 14. The normalized spacial score (nSPS) is 12.4. The lowest BCUT2D eigenvalue weighted by Crippen LogP contribution is -2.43. The Morgan fingerprint density at radius 1 is 0.649 bits per heavy atom. The zero-order chi connectivity index (χ0) is 26.9. The molecule has 0 unspecified atom stereocenters. The van der Waals surface area contributed by atoms with Crippen LogP contribution in [0.2, 0.25) is 0 Å². The van der Waals surface area contributed by atoms with Gasteiger partial charge in [0.05, 0.1) is 29.6 Å². The van der Waals surface area contributed by atoms with Crippen LogP contribution in [0.1, 0.15) is 16.7 Å². The molecule has 0 saturated heterocycles. The minimum atomic E-state index is -3.93. The second-order valence-corrected chi connectivity index (χ2v) is 12.6. The highest BCUT2D eigenvalue weighted by atomic mass is 32.2. The van der Waals surface area contributed by atoms with Crippen LogP contribution in [0, 0.1) is 13.8 Å². The molecule has 3 aromatic rings. The Balaban J connectivity index is 1.78. The van der Waals surface area contributed by atoms with E-state index in [4.69, 9.17) is 4.74 Å². The average Bonchev–Trinajstić information content (AvgIpc) is 2.88. The number of benzene rings is 3. The first-order valence-corrected chi connectivity index (χ1v) is 14.9. The Labute approximate surface area is 220 Å². The summed E-state index contributed by atoms with van der Waals surface area (Å²) in [5.41, 5.74) is 2.81. The number of hydrogen-bond donors (Lipinski definition) is 1. The van der Waals surface area contributed by atoms with E-state index < -0.39 is 26.7 Å². The topological polar surface area (TPSA) is 104 Å². The van der Waals surface area contributed by atoms with Gasteiger partial charge in [-0.15, -0.1) is 0 Å². The van der Waals surface area contributed by atoms with Crippen molar-refractivity contribution in [2.45, 2.75) is 30.2 Å². The van der Waals surface area contributed by atoms with Gasteiger partial charge in [0.1, 0.15) is 0 Å². The molecule has 3 aromatic carbocycles. The average molecular weight is 547 g/mol. The van der Waals surface area contributed by atoms with E-state index in [0.29, 0.717) is 6.61 Å². The second-order valence-electron chi connectivity index (χ2n) is 8.70. The highest BCUT2D eigenvalue weighted by Crippen LogP contribution is 2.19. The zero-order valence-corrected chi connectivity index (χ0v) is 22.8.